The Labute approximate surface area is 117 Å². The third-order valence-corrected chi connectivity index (χ3v) is 3.83. The van der Waals surface area contributed by atoms with Crippen LogP contribution in [0, 0.1) is 12.7 Å². The van der Waals surface area contributed by atoms with Gasteiger partial charge in [0.05, 0.1) is 12.2 Å². The van der Waals surface area contributed by atoms with Gasteiger partial charge in [0, 0.05) is 23.6 Å². The van der Waals surface area contributed by atoms with Gasteiger partial charge in [0.2, 0.25) is 0 Å². The first kappa shape index (κ1) is 12.7. The fraction of sp³-hybridized carbons (Fsp3) is 0.176. The predicted octanol–water partition coefficient (Wildman–Crippen LogP) is 4.24. The van der Waals surface area contributed by atoms with E-state index < -0.39 is 0 Å². The number of halogens is 1. The molecule has 0 saturated carbocycles. The standard InChI is InChI=1S/C17H17FN2/c1-12-13-7-3-6-10-16(13)20(2)17(12)11-19-15-9-5-4-8-14(15)18/h3-10,19H,11H2,1-2H3. The molecule has 0 radical (unpaired) electrons. The number of nitrogens with one attached hydrogen (secondary N) is 1. The third kappa shape index (κ3) is 2.05. The number of nitrogens with zero attached hydrogens (tertiary/aromatic N) is 1. The fourth-order valence-corrected chi connectivity index (χ4v) is 2.67. The summed E-state index contributed by atoms with van der Waals surface area (Å²) in [5.74, 6) is -0.219. The van der Waals surface area contributed by atoms with Crippen molar-refractivity contribution in [2.75, 3.05) is 5.32 Å². The number of fused-ring (bicyclic) bond motifs is 1. The van der Waals surface area contributed by atoms with Crippen molar-refractivity contribution in [2.24, 2.45) is 7.05 Å². The minimum Gasteiger partial charge on any atom is -0.377 e. The van der Waals surface area contributed by atoms with E-state index in [0.29, 0.717) is 12.2 Å². The van der Waals surface area contributed by atoms with E-state index in [2.05, 4.69) is 28.9 Å². The number of rotatable bonds is 3. The minimum absolute atomic E-state index is 0.219. The molecule has 0 amide bonds. The van der Waals surface area contributed by atoms with Crippen LogP contribution in [0.5, 0.6) is 0 Å². The largest absolute Gasteiger partial charge is 0.377 e. The summed E-state index contributed by atoms with van der Waals surface area (Å²) in [6, 6.07) is 15.1. The van der Waals surface area contributed by atoms with Gasteiger partial charge in [0.1, 0.15) is 5.82 Å². The molecule has 0 bridgehead atoms. The smallest absolute Gasteiger partial charge is 0.146 e. The Morgan fingerprint density at radius 2 is 1.75 bits per heavy atom. The summed E-state index contributed by atoms with van der Waals surface area (Å²) in [6.45, 7) is 2.72. The fourth-order valence-electron chi connectivity index (χ4n) is 2.67. The average molecular weight is 268 g/mol. The molecule has 1 aromatic heterocycles. The molecule has 0 spiro atoms. The summed E-state index contributed by atoms with van der Waals surface area (Å²) in [5.41, 5.74) is 4.16. The molecule has 3 aromatic rings. The van der Waals surface area contributed by atoms with Gasteiger partial charge in [0.15, 0.2) is 0 Å². The lowest BCUT2D eigenvalue weighted by atomic mass is 10.1. The summed E-state index contributed by atoms with van der Waals surface area (Å²) in [4.78, 5) is 0. The molecule has 1 heterocycles. The van der Waals surface area contributed by atoms with Crippen molar-refractivity contribution < 1.29 is 4.39 Å². The van der Waals surface area contributed by atoms with Gasteiger partial charge in [-0.1, -0.05) is 30.3 Å². The maximum atomic E-state index is 13.6. The maximum Gasteiger partial charge on any atom is 0.146 e. The molecule has 0 aliphatic carbocycles. The summed E-state index contributed by atoms with van der Waals surface area (Å²) in [6.07, 6.45) is 0. The lowest BCUT2D eigenvalue weighted by Gasteiger charge is -2.10. The molecule has 3 heteroatoms. The second-order valence-electron chi connectivity index (χ2n) is 4.98. The van der Waals surface area contributed by atoms with E-state index in [1.807, 2.05) is 25.2 Å². The van der Waals surface area contributed by atoms with E-state index in [1.165, 1.54) is 28.2 Å². The molecule has 2 aromatic carbocycles. The van der Waals surface area contributed by atoms with Crippen molar-refractivity contribution in [3.8, 4) is 0 Å². The molecule has 0 saturated heterocycles. The Morgan fingerprint density at radius 3 is 2.50 bits per heavy atom. The van der Waals surface area contributed by atoms with Crippen molar-refractivity contribution in [1.29, 1.82) is 0 Å². The molecule has 1 N–H and O–H groups in total. The van der Waals surface area contributed by atoms with Crippen LogP contribution in [-0.2, 0) is 13.6 Å². The number of benzene rings is 2. The van der Waals surface area contributed by atoms with E-state index in [4.69, 9.17) is 0 Å². The van der Waals surface area contributed by atoms with Gasteiger partial charge in [-0.25, -0.2) is 4.39 Å². The highest BCUT2D eigenvalue weighted by Crippen LogP contribution is 2.25. The van der Waals surface area contributed by atoms with E-state index in [1.54, 1.807) is 12.1 Å². The monoisotopic (exact) mass is 268 g/mol. The number of hydrogen-bond acceptors (Lipinski definition) is 1. The summed E-state index contributed by atoms with van der Waals surface area (Å²) < 4.78 is 15.8. The third-order valence-electron chi connectivity index (χ3n) is 3.83. The normalized spacial score (nSPS) is 10.9. The molecule has 0 aliphatic heterocycles. The zero-order valence-corrected chi connectivity index (χ0v) is 11.7. The predicted molar refractivity (Wildman–Crippen MR) is 81.4 cm³/mol. The highest BCUT2D eigenvalue weighted by Gasteiger charge is 2.11. The summed E-state index contributed by atoms with van der Waals surface area (Å²) in [7, 11) is 2.05. The Hall–Kier alpha value is -2.29. The van der Waals surface area contributed by atoms with Crippen LogP contribution in [-0.4, -0.2) is 4.57 Å². The van der Waals surface area contributed by atoms with Crippen molar-refractivity contribution in [3.05, 3.63) is 65.6 Å². The van der Waals surface area contributed by atoms with Gasteiger partial charge in [-0.2, -0.15) is 0 Å². The van der Waals surface area contributed by atoms with E-state index in [9.17, 15) is 4.39 Å². The van der Waals surface area contributed by atoms with Crippen LogP contribution in [0.3, 0.4) is 0 Å². The molecular formula is C17H17FN2. The first-order chi connectivity index (χ1) is 9.68. The van der Waals surface area contributed by atoms with E-state index in [0.717, 1.165) is 0 Å². The molecule has 0 fully saturated rings. The molecular weight excluding hydrogens is 251 g/mol. The van der Waals surface area contributed by atoms with Crippen molar-refractivity contribution in [3.63, 3.8) is 0 Å². The van der Waals surface area contributed by atoms with Gasteiger partial charge in [-0.3, -0.25) is 0 Å². The maximum absolute atomic E-state index is 13.6. The molecule has 20 heavy (non-hydrogen) atoms. The topological polar surface area (TPSA) is 17.0 Å². The van der Waals surface area contributed by atoms with Crippen LogP contribution in [0.1, 0.15) is 11.3 Å². The molecule has 0 atom stereocenters. The first-order valence-corrected chi connectivity index (χ1v) is 6.70. The van der Waals surface area contributed by atoms with E-state index in [-0.39, 0.29) is 5.82 Å². The number of para-hydroxylation sites is 2. The van der Waals surface area contributed by atoms with Gasteiger partial charge >= 0.3 is 0 Å². The van der Waals surface area contributed by atoms with Crippen LogP contribution in [0.15, 0.2) is 48.5 Å². The van der Waals surface area contributed by atoms with Crippen LogP contribution >= 0.6 is 0 Å². The van der Waals surface area contributed by atoms with Gasteiger partial charge in [-0.15, -0.1) is 0 Å². The molecule has 102 valence electrons. The Bertz CT molecular complexity index is 720. The Morgan fingerprint density at radius 1 is 1.05 bits per heavy atom. The molecule has 0 unspecified atom stereocenters. The minimum atomic E-state index is -0.219. The van der Waals surface area contributed by atoms with Gasteiger partial charge in [-0.05, 0) is 30.7 Å². The SMILES string of the molecule is Cc1c(CNc2ccccc2F)n(C)c2ccccc12. The lowest BCUT2D eigenvalue weighted by molar-refractivity contribution is 0.629. The van der Waals surface area contributed by atoms with Crippen LogP contribution < -0.4 is 5.32 Å². The van der Waals surface area contributed by atoms with Crippen LogP contribution in [0.25, 0.3) is 10.9 Å². The highest BCUT2D eigenvalue weighted by molar-refractivity contribution is 5.85. The molecule has 2 nitrogen and oxygen atoms in total. The van der Waals surface area contributed by atoms with Crippen molar-refractivity contribution >= 4 is 16.6 Å². The highest BCUT2D eigenvalue weighted by atomic mass is 19.1. The second kappa shape index (κ2) is 5.00. The van der Waals surface area contributed by atoms with E-state index >= 15 is 0 Å². The molecule has 3 rings (SSSR count). The Kier molecular flexibility index (Phi) is 3.18. The number of aryl methyl sites for hydroxylation is 2. The number of hydrogen-bond donors (Lipinski definition) is 1. The zero-order valence-electron chi connectivity index (χ0n) is 11.7. The lowest BCUT2D eigenvalue weighted by Crippen LogP contribution is -2.06. The van der Waals surface area contributed by atoms with Crippen LogP contribution in [0.4, 0.5) is 10.1 Å². The number of aromatic nitrogens is 1. The first-order valence-electron chi connectivity index (χ1n) is 6.70. The molecule has 0 aliphatic rings. The zero-order chi connectivity index (χ0) is 14.1. The summed E-state index contributed by atoms with van der Waals surface area (Å²) in [5, 5.41) is 4.43. The average Bonchev–Trinajstić information content (AvgIpc) is 2.71. The van der Waals surface area contributed by atoms with Crippen molar-refractivity contribution in [1.82, 2.24) is 4.57 Å². The number of anilines is 1. The van der Waals surface area contributed by atoms with Gasteiger partial charge < -0.3 is 9.88 Å². The van der Waals surface area contributed by atoms with Gasteiger partial charge in [0.25, 0.3) is 0 Å². The van der Waals surface area contributed by atoms with Crippen LogP contribution in [0.2, 0.25) is 0 Å². The summed E-state index contributed by atoms with van der Waals surface area (Å²) >= 11 is 0. The van der Waals surface area contributed by atoms with Crippen molar-refractivity contribution in [2.45, 2.75) is 13.5 Å². The quantitative estimate of drug-likeness (QED) is 0.752. The Balaban J connectivity index is 1.94. The second-order valence-corrected chi connectivity index (χ2v) is 4.98.